The monoisotopic (exact) mass is 436 g/mol. The normalized spacial score (nSPS) is 13.0. The van der Waals surface area contributed by atoms with Gasteiger partial charge in [0, 0.05) is 0 Å². The van der Waals surface area contributed by atoms with E-state index in [2.05, 4.69) is 0 Å². The zero-order valence-electron chi connectivity index (χ0n) is 17.9. The highest BCUT2D eigenvalue weighted by atomic mass is 16.6. The summed E-state index contributed by atoms with van der Waals surface area (Å²) in [5, 5.41) is 39.8. The number of aromatic hydroxyl groups is 1. The molecule has 0 spiro atoms. The molecule has 2 rings (SSSR count). The second-order valence-corrected chi connectivity index (χ2v) is 6.40. The molecule has 0 aliphatic carbocycles. The molecule has 9 heteroatoms. The van der Waals surface area contributed by atoms with E-state index in [0.717, 1.165) is 0 Å². The maximum atomic E-state index is 10.9. The first-order valence-electron chi connectivity index (χ1n) is 9.37. The summed E-state index contributed by atoms with van der Waals surface area (Å²) in [5.74, 6) is 0.784. The Morgan fingerprint density at radius 1 is 0.839 bits per heavy atom. The minimum Gasteiger partial charge on any atom is -0.502 e. The third-order valence-corrected chi connectivity index (χ3v) is 4.54. The van der Waals surface area contributed by atoms with Gasteiger partial charge >= 0.3 is 0 Å². The first kappa shape index (κ1) is 24.1. The van der Waals surface area contributed by atoms with Crippen LogP contribution in [0.2, 0.25) is 0 Å². The van der Waals surface area contributed by atoms with Crippen molar-refractivity contribution < 1.29 is 44.1 Å². The SMILES string of the molecule is COc1cc([C@H](O)[C@@H](CO)Oc2c(OC)cc(/C=C\CO)cc2OC)cc(OC)c1O. The van der Waals surface area contributed by atoms with Gasteiger partial charge in [-0.2, -0.15) is 0 Å². The molecule has 170 valence electrons. The van der Waals surface area contributed by atoms with Crippen molar-refractivity contribution in [1.82, 2.24) is 0 Å². The van der Waals surface area contributed by atoms with Crippen LogP contribution in [-0.2, 0) is 0 Å². The summed E-state index contributed by atoms with van der Waals surface area (Å²) in [6, 6.07) is 6.17. The average Bonchev–Trinajstić information content (AvgIpc) is 2.80. The largest absolute Gasteiger partial charge is 0.502 e. The molecule has 0 aromatic heterocycles. The van der Waals surface area contributed by atoms with E-state index in [4.69, 9.17) is 28.8 Å². The van der Waals surface area contributed by atoms with E-state index in [0.29, 0.717) is 22.6 Å². The van der Waals surface area contributed by atoms with Crippen molar-refractivity contribution in [3.63, 3.8) is 0 Å². The summed E-state index contributed by atoms with van der Waals surface area (Å²) in [7, 11) is 5.63. The molecule has 0 radical (unpaired) electrons. The first-order chi connectivity index (χ1) is 14.9. The van der Waals surface area contributed by atoms with Crippen molar-refractivity contribution in [2.75, 3.05) is 41.7 Å². The van der Waals surface area contributed by atoms with Crippen LogP contribution in [0.25, 0.3) is 6.08 Å². The Morgan fingerprint density at radius 2 is 1.35 bits per heavy atom. The third kappa shape index (κ3) is 5.52. The summed E-state index contributed by atoms with van der Waals surface area (Å²) in [4.78, 5) is 0. The number of aliphatic hydroxyl groups excluding tert-OH is 3. The predicted octanol–water partition coefficient (Wildman–Crippen LogP) is 1.91. The Hall–Kier alpha value is -3.14. The van der Waals surface area contributed by atoms with Gasteiger partial charge in [-0.25, -0.2) is 0 Å². The number of rotatable bonds is 11. The van der Waals surface area contributed by atoms with Crippen molar-refractivity contribution in [3.05, 3.63) is 41.5 Å². The highest BCUT2D eigenvalue weighted by Gasteiger charge is 2.27. The van der Waals surface area contributed by atoms with Gasteiger partial charge in [0.1, 0.15) is 6.10 Å². The number of hydrogen-bond donors (Lipinski definition) is 4. The van der Waals surface area contributed by atoms with Gasteiger partial charge in [-0.15, -0.1) is 0 Å². The highest BCUT2D eigenvalue weighted by molar-refractivity contribution is 5.62. The average molecular weight is 436 g/mol. The molecule has 0 unspecified atom stereocenters. The zero-order chi connectivity index (χ0) is 23.0. The van der Waals surface area contributed by atoms with Gasteiger partial charge in [0.2, 0.25) is 11.5 Å². The summed E-state index contributed by atoms with van der Waals surface area (Å²) >= 11 is 0. The summed E-state index contributed by atoms with van der Waals surface area (Å²) in [6.45, 7) is -0.660. The molecule has 0 fully saturated rings. The number of hydrogen-bond acceptors (Lipinski definition) is 9. The molecular formula is C22H28O9. The second-order valence-electron chi connectivity index (χ2n) is 6.40. The van der Waals surface area contributed by atoms with Crippen LogP contribution in [0.3, 0.4) is 0 Å². The number of ether oxygens (including phenoxy) is 5. The molecule has 31 heavy (non-hydrogen) atoms. The second kappa shape index (κ2) is 11.3. The number of phenolic OH excluding ortho intramolecular Hbond substituents is 1. The van der Waals surface area contributed by atoms with Crippen molar-refractivity contribution in [3.8, 4) is 34.5 Å². The van der Waals surface area contributed by atoms with Crippen molar-refractivity contribution in [1.29, 1.82) is 0 Å². The predicted molar refractivity (Wildman–Crippen MR) is 113 cm³/mol. The minimum atomic E-state index is -1.31. The van der Waals surface area contributed by atoms with Crippen LogP contribution in [0.4, 0.5) is 0 Å². The van der Waals surface area contributed by atoms with Crippen LogP contribution >= 0.6 is 0 Å². The number of methoxy groups -OCH3 is 4. The van der Waals surface area contributed by atoms with Crippen LogP contribution in [0.5, 0.6) is 34.5 Å². The molecule has 0 heterocycles. The minimum absolute atomic E-state index is 0.0975. The summed E-state index contributed by atoms with van der Waals surface area (Å²) in [5.41, 5.74) is 0.996. The lowest BCUT2D eigenvalue weighted by atomic mass is 10.0. The Kier molecular flexibility index (Phi) is 8.80. The quantitative estimate of drug-likeness (QED) is 0.418. The van der Waals surface area contributed by atoms with Gasteiger partial charge in [-0.1, -0.05) is 12.2 Å². The lowest BCUT2D eigenvalue weighted by Gasteiger charge is -2.25. The van der Waals surface area contributed by atoms with Crippen molar-refractivity contribution in [2.24, 2.45) is 0 Å². The topological polar surface area (TPSA) is 127 Å². The Morgan fingerprint density at radius 3 is 1.77 bits per heavy atom. The standard InChI is InChI=1S/C22H28O9/c1-27-15-10-14(11-16(28-2)21(15)26)20(25)19(12-24)31-22-17(29-3)8-13(6-5-7-23)9-18(22)30-4/h5-6,8-11,19-20,23-26H,7,12H2,1-4H3/b6-5-/t19-,20+/m1/s1. The lowest BCUT2D eigenvalue weighted by Crippen LogP contribution is -2.29. The van der Waals surface area contributed by atoms with Crippen LogP contribution in [0.15, 0.2) is 30.3 Å². The molecule has 0 saturated carbocycles. The van der Waals surface area contributed by atoms with Gasteiger partial charge in [-0.3, -0.25) is 0 Å². The number of phenols is 1. The van der Waals surface area contributed by atoms with E-state index < -0.39 is 18.8 Å². The molecular weight excluding hydrogens is 408 g/mol. The molecule has 2 aromatic rings. The molecule has 2 aromatic carbocycles. The van der Waals surface area contributed by atoms with Gasteiger partial charge < -0.3 is 44.1 Å². The van der Waals surface area contributed by atoms with Crippen LogP contribution in [-0.4, -0.2) is 68.2 Å². The van der Waals surface area contributed by atoms with E-state index in [-0.39, 0.29) is 29.6 Å². The van der Waals surface area contributed by atoms with E-state index >= 15 is 0 Å². The van der Waals surface area contributed by atoms with Crippen LogP contribution in [0.1, 0.15) is 17.2 Å². The van der Waals surface area contributed by atoms with E-state index in [1.807, 2.05) is 0 Å². The first-order valence-corrected chi connectivity index (χ1v) is 9.37. The number of benzene rings is 2. The van der Waals surface area contributed by atoms with Crippen LogP contribution in [0, 0.1) is 0 Å². The molecule has 2 atom stereocenters. The molecule has 0 amide bonds. The van der Waals surface area contributed by atoms with E-state index in [1.54, 1.807) is 24.3 Å². The Balaban J connectivity index is 2.43. The fourth-order valence-corrected chi connectivity index (χ4v) is 2.95. The molecule has 9 nitrogen and oxygen atoms in total. The van der Waals surface area contributed by atoms with Gasteiger partial charge in [0.25, 0.3) is 0 Å². The summed E-state index contributed by atoms with van der Waals surface area (Å²) in [6.07, 6.45) is 0.820. The zero-order valence-corrected chi connectivity index (χ0v) is 17.9. The maximum absolute atomic E-state index is 10.9. The van der Waals surface area contributed by atoms with E-state index in [1.165, 1.54) is 40.6 Å². The van der Waals surface area contributed by atoms with Gasteiger partial charge in [-0.05, 0) is 35.4 Å². The Bertz CT molecular complexity index is 845. The van der Waals surface area contributed by atoms with Crippen molar-refractivity contribution in [2.45, 2.75) is 12.2 Å². The fourth-order valence-electron chi connectivity index (χ4n) is 2.95. The smallest absolute Gasteiger partial charge is 0.204 e. The lowest BCUT2D eigenvalue weighted by molar-refractivity contribution is -0.00184. The molecule has 4 N–H and O–H groups in total. The van der Waals surface area contributed by atoms with E-state index in [9.17, 15) is 15.3 Å². The van der Waals surface area contributed by atoms with Crippen LogP contribution < -0.4 is 23.7 Å². The number of aliphatic hydroxyl groups is 3. The third-order valence-electron chi connectivity index (χ3n) is 4.54. The summed E-state index contributed by atoms with van der Waals surface area (Å²) < 4.78 is 26.9. The molecule has 0 aliphatic rings. The van der Waals surface area contributed by atoms with Gasteiger partial charge in [0.15, 0.2) is 29.1 Å². The maximum Gasteiger partial charge on any atom is 0.204 e. The molecule has 0 bridgehead atoms. The molecule has 0 aliphatic heterocycles. The van der Waals surface area contributed by atoms with Gasteiger partial charge in [0.05, 0.1) is 41.7 Å². The van der Waals surface area contributed by atoms with Crippen molar-refractivity contribution >= 4 is 6.08 Å². The Labute approximate surface area is 180 Å². The highest BCUT2D eigenvalue weighted by Crippen LogP contribution is 2.42. The molecule has 0 saturated heterocycles. The fraction of sp³-hybridized carbons (Fsp3) is 0.364.